The third-order valence-corrected chi connectivity index (χ3v) is 1.92. The van der Waals surface area contributed by atoms with E-state index in [1.807, 2.05) is 12.3 Å². The lowest BCUT2D eigenvalue weighted by molar-refractivity contribution is 0.790. The standard InChI is InChI=1S/C9H10N2/c1-7-8-3-2-5-11-9(8)4-6-10-7/h2-3,5,10H,1,4,6H2. The molecular formula is C9H10N2. The van der Waals surface area contributed by atoms with Gasteiger partial charge in [-0.25, -0.2) is 0 Å². The Labute approximate surface area is 66.0 Å². The van der Waals surface area contributed by atoms with Crippen molar-refractivity contribution in [3.8, 4) is 0 Å². The van der Waals surface area contributed by atoms with Crippen molar-refractivity contribution in [1.82, 2.24) is 10.3 Å². The zero-order chi connectivity index (χ0) is 7.68. The second-order valence-corrected chi connectivity index (χ2v) is 2.65. The highest BCUT2D eigenvalue weighted by atomic mass is 14.9. The van der Waals surface area contributed by atoms with Crippen molar-refractivity contribution in [1.29, 1.82) is 0 Å². The third kappa shape index (κ3) is 1.00. The van der Waals surface area contributed by atoms with Crippen LogP contribution in [0.5, 0.6) is 0 Å². The molecule has 0 spiro atoms. The van der Waals surface area contributed by atoms with Crippen molar-refractivity contribution in [3.63, 3.8) is 0 Å². The Hall–Kier alpha value is -1.31. The molecule has 0 atom stereocenters. The summed E-state index contributed by atoms with van der Waals surface area (Å²) in [6.07, 6.45) is 2.84. The quantitative estimate of drug-likeness (QED) is 0.595. The Bertz CT molecular complexity index is 291. The van der Waals surface area contributed by atoms with Crippen molar-refractivity contribution in [2.75, 3.05) is 6.54 Å². The van der Waals surface area contributed by atoms with E-state index in [4.69, 9.17) is 0 Å². The molecule has 1 aliphatic rings. The molecule has 0 aliphatic carbocycles. The molecule has 2 heteroatoms. The van der Waals surface area contributed by atoms with Crippen LogP contribution in [-0.4, -0.2) is 11.5 Å². The van der Waals surface area contributed by atoms with Gasteiger partial charge in [-0.2, -0.15) is 0 Å². The molecule has 2 heterocycles. The monoisotopic (exact) mass is 146 g/mol. The third-order valence-electron chi connectivity index (χ3n) is 1.92. The van der Waals surface area contributed by atoms with Crippen molar-refractivity contribution in [2.24, 2.45) is 0 Å². The molecule has 1 N–H and O–H groups in total. The first kappa shape index (κ1) is 6.40. The zero-order valence-electron chi connectivity index (χ0n) is 6.30. The summed E-state index contributed by atoms with van der Waals surface area (Å²) in [4.78, 5) is 4.27. The predicted octanol–water partition coefficient (Wildman–Crippen LogP) is 1.20. The second-order valence-electron chi connectivity index (χ2n) is 2.65. The Balaban J connectivity index is 2.52. The van der Waals surface area contributed by atoms with Crippen LogP contribution in [0, 0.1) is 0 Å². The number of nitrogens with zero attached hydrogens (tertiary/aromatic N) is 1. The van der Waals surface area contributed by atoms with Gasteiger partial charge in [0.05, 0.1) is 5.69 Å². The number of rotatable bonds is 0. The minimum Gasteiger partial charge on any atom is -0.385 e. The average Bonchev–Trinajstić information content (AvgIpc) is 2.06. The minimum atomic E-state index is 0.961. The average molecular weight is 146 g/mol. The van der Waals surface area contributed by atoms with Crippen LogP contribution in [0.4, 0.5) is 0 Å². The van der Waals surface area contributed by atoms with Gasteiger partial charge in [0.2, 0.25) is 0 Å². The van der Waals surface area contributed by atoms with Crippen molar-refractivity contribution in [2.45, 2.75) is 6.42 Å². The van der Waals surface area contributed by atoms with E-state index in [1.165, 1.54) is 5.56 Å². The molecule has 2 nitrogen and oxygen atoms in total. The lowest BCUT2D eigenvalue weighted by atomic mass is 10.1. The largest absolute Gasteiger partial charge is 0.385 e. The second kappa shape index (κ2) is 2.38. The highest BCUT2D eigenvalue weighted by Crippen LogP contribution is 2.17. The summed E-state index contributed by atoms with van der Waals surface area (Å²) in [5.41, 5.74) is 3.33. The van der Waals surface area contributed by atoms with E-state index in [0.717, 1.165) is 24.4 Å². The summed E-state index contributed by atoms with van der Waals surface area (Å²) in [5.74, 6) is 0. The van der Waals surface area contributed by atoms with Crippen molar-refractivity contribution < 1.29 is 0 Å². The normalized spacial score (nSPS) is 15.5. The number of fused-ring (bicyclic) bond motifs is 1. The molecule has 0 amide bonds. The fourth-order valence-corrected chi connectivity index (χ4v) is 1.34. The summed E-state index contributed by atoms with van der Waals surface area (Å²) in [6.45, 7) is 4.87. The van der Waals surface area contributed by atoms with Gasteiger partial charge in [-0.3, -0.25) is 4.98 Å². The van der Waals surface area contributed by atoms with Gasteiger partial charge in [0.1, 0.15) is 0 Å². The fourth-order valence-electron chi connectivity index (χ4n) is 1.34. The maximum absolute atomic E-state index is 4.27. The Kier molecular flexibility index (Phi) is 1.39. The van der Waals surface area contributed by atoms with E-state index in [2.05, 4.69) is 22.9 Å². The molecule has 0 bridgehead atoms. The lowest BCUT2D eigenvalue weighted by Crippen LogP contribution is -2.22. The van der Waals surface area contributed by atoms with Crippen LogP contribution in [0.3, 0.4) is 0 Å². The highest BCUT2D eigenvalue weighted by Gasteiger charge is 2.10. The summed E-state index contributed by atoms with van der Waals surface area (Å²) in [5, 5.41) is 3.20. The van der Waals surface area contributed by atoms with Crippen LogP contribution in [0.1, 0.15) is 11.3 Å². The van der Waals surface area contributed by atoms with Gasteiger partial charge >= 0.3 is 0 Å². The maximum atomic E-state index is 4.27. The first-order valence-corrected chi connectivity index (χ1v) is 3.75. The van der Waals surface area contributed by atoms with Crippen molar-refractivity contribution >= 4 is 5.70 Å². The van der Waals surface area contributed by atoms with Crippen LogP contribution in [-0.2, 0) is 6.42 Å². The van der Waals surface area contributed by atoms with Crippen LogP contribution >= 0.6 is 0 Å². The van der Waals surface area contributed by atoms with Crippen LogP contribution in [0.2, 0.25) is 0 Å². The smallest absolute Gasteiger partial charge is 0.0513 e. The Morgan fingerprint density at radius 1 is 1.55 bits per heavy atom. The van der Waals surface area contributed by atoms with Gasteiger partial charge in [0.15, 0.2) is 0 Å². The van der Waals surface area contributed by atoms with Crippen molar-refractivity contribution in [3.05, 3.63) is 36.2 Å². The molecule has 0 saturated heterocycles. The molecule has 1 aliphatic heterocycles. The molecule has 0 fully saturated rings. The molecule has 2 rings (SSSR count). The van der Waals surface area contributed by atoms with Gasteiger partial charge < -0.3 is 5.32 Å². The summed E-state index contributed by atoms with van der Waals surface area (Å²) in [7, 11) is 0. The number of aromatic nitrogens is 1. The summed E-state index contributed by atoms with van der Waals surface area (Å²) >= 11 is 0. The molecule has 1 aromatic heterocycles. The van der Waals surface area contributed by atoms with Crippen LogP contribution in [0.25, 0.3) is 5.70 Å². The summed E-state index contributed by atoms with van der Waals surface area (Å²) < 4.78 is 0. The van der Waals surface area contributed by atoms with Gasteiger partial charge in [-0.1, -0.05) is 6.58 Å². The Morgan fingerprint density at radius 3 is 3.27 bits per heavy atom. The van der Waals surface area contributed by atoms with E-state index < -0.39 is 0 Å². The highest BCUT2D eigenvalue weighted by molar-refractivity contribution is 5.64. The van der Waals surface area contributed by atoms with Gasteiger partial charge in [0, 0.05) is 30.4 Å². The number of nitrogens with one attached hydrogen (secondary N) is 1. The van der Waals surface area contributed by atoms with Gasteiger partial charge in [-0.05, 0) is 12.1 Å². The molecule has 56 valence electrons. The van der Waals surface area contributed by atoms with E-state index in [0.29, 0.717) is 0 Å². The molecule has 11 heavy (non-hydrogen) atoms. The number of hydrogen-bond acceptors (Lipinski definition) is 2. The van der Waals surface area contributed by atoms with E-state index in [-0.39, 0.29) is 0 Å². The minimum absolute atomic E-state index is 0.961. The Morgan fingerprint density at radius 2 is 2.45 bits per heavy atom. The molecule has 0 saturated carbocycles. The molecular weight excluding hydrogens is 136 g/mol. The molecule has 1 aromatic rings. The van der Waals surface area contributed by atoms with Gasteiger partial charge in [-0.15, -0.1) is 0 Å². The van der Waals surface area contributed by atoms with Crippen LogP contribution in [0.15, 0.2) is 24.9 Å². The topological polar surface area (TPSA) is 24.9 Å². The summed E-state index contributed by atoms with van der Waals surface area (Å²) in [6, 6.07) is 3.99. The van der Waals surface area contributed by atoms with E-state index in [9.17, 15) is 0 Å². The lowest BCUT2D eigenvalue weighted by Gasteiger charge is -2.18. The fraction of sp³-hybridized carbons (Fsp3) is 0.222. The van der Waals surface area contributed by atoms with Crippen LogP contribution < -0.4 is 5.32 Å². The van der Waals surface area contributed by atoms with E-state index in [1.54, 1.807) is 0 Å². The zero-order valence-corrected chi connectivity index (χ0v) is 6.30. The molecule has 0 aromatic carbocycles. The first-order chi connectivity index (χ1) is 5.38. The molecule has 0 unspecified atom stereocenters. The van der Waals surface area contributed by atoms with E-state index >= 15 is 0 Å². The number of hydrogen-bond donors (Lipinski definition) is 1. The molecule has 0 radical (unpaired) electrons. The van der Waals surface area contributed by atoms with Gasteiger partial charge in [0.25, 0.3) is 0 Å². The SMILES string of the molecule is C=C1NCCc2ncccc21. The predicted molar refractivity (Wildman–Crippen MR) is 45.0 cm³/mol. The maximum Gasteiger partial charge on any atom is 0.0513 e. The number of pyridine rings is 1. The first-order valence-electron chi connectivity index (χ1n) is 3.75.